The van der Waals surface area contributed by atoms with Gasteiger partial charge < -0.3 is 9.47 Å². The van der Waals surface area contributed by atoms with E-state index < -0.39 is 21.8 Å². The van der Waals surface area contributed by atoms with Crippen LogP contribution in [0.15, 0.2) is 59.5 Å². The predicted octanol–water partition coefficient (Wildman–Crippen LogP) is 3.73. The fourth-order valence-electron chi connectivity index (χ4n) is 3.54. The van der Waals surface area contributed by atoms with Gasteiger partial charge in [0, 0.05) is 0 Å². The van der Waals surface area contributed by atoms with E-state index in [0.717, 1.165) is 11.1 Å². The lowest BCUT2D eigenvalue weighted by atomic mass is 10.2. The molecule has 2 aromatic carbocycles. The van der Waals surface area contributed by atoms with Crippen molar-refractivity contribution in [2.24, 2.45) is 0 Å². The normalized spacial score (nSPS) is 22.8. The van der Waals surface area contributed by atoms with Crippen LogP contribution in [-0.2, 0) is 26.1 Å². The standard InChI is InChI=1S/C21H27NO4S/c1-16-10-12-19(13-11-16)27(23,24)22-20(17(2)26-21(22,3)4)15-25-14-18-8-6-5-7-9-18/h5-13,17,20H,14-15H2,1-4H3/t17-,20+/m1/s1. The maximum atomic E-state index is 13.3. The molecular weight excluding hydrogens is 362 g/mol. The maximum absolute atomic E-state index is 13.3. The van der Waals surface area contributed by atoms with E-state index >= 15 is 0 Å². The molecule has 2 atom stereocenters. The molecule has 27 heavy (non-hydrogen) atoms. The lowest BCUT2D eigenvalue weighted by Gasteiger charge is -2.32. The Morgan fingerprint density at radius 3 is 2.33 bits per heavy atom. The molecule has 1 fully saturated rings. The Bertz CT molecular complexity index is 863. The van der Waals surface area contributed by atoms with Crippen molar-refractivity contribution in [3.8, 4) is 0 Å². The van der Waals surface area contributed by atoms with Crippen LogP contribution in [0.5, 0.6) is 0 Å². The molecule has 5 nitrogen and oxygen atoms in total. The van der Waals surface area contributed by atoms with Crippen molar-refractivity contribution >= 4 is 10.0 Å². The topological polar surface area (TPSA) is 55.8 Å². The first-order valence-electron chi connectivity index (χ1n) is 9.12. The largest absolute Gasteiger partial charge is 0.375 e. The average molecular weight is 390 g/mol. The van der Waals surface area contributed by atoms with E-state index in [1.807, 2.05) is 44.2 Å². The molecule has 2 aromatic rings. The Morgan fingerprint density at radius 2 is 1.70 bits per heavy atom. The van der Waals surface area contributed by atoms with Crippen molar-refractivity contribution in [3.05, 3.63) is 65.7 Å². The van der Waals surface area contributed by atoms with Crippen LogP contribution in [-0.4, -0.2) is 37.2 Å². The zero-order chi connectivity index (χ0) is 19.7. The number of sulfonamides is 1. The highest BCUT2D eigenvalue weighted by molar-refractivity contribution is 7.89. The summed E-state index contributed by atoms with van der Waals surface area (Å²) in [6.07, 6.45) is -0.268. The summed E-state index contributed by atoms with van der Waals surface area (Å²) >= 11 is 0. The van der Waals surface area contributed by atoms with E-state index in [0.29, 0.717) is 6.61 Å². The Hall–Kier alpha value is -1.73. The summed E-state index contributed by atoms with van der Waals surface area (Å²) in [6, 6.07) is 16.3. The molecule has 0 amide bonds. The second-order valence-electron chi connectivity index (χ2n) is 7.45. The zero-order valence-corrected chi connectivity index (χ0v) is 17.1. The van der Waals surface area contributed by atoms with Crippen LogP contribution in [0.3, 0.4) is 0 Å². The van der Waals surface area contributed by atoms with Gasteiger partial charge in [-0.05, 0) is 45.4 Å². The van der Waals surface area contributed by atoms with Crippen molar-refractivity contribution in [1.82, 2.24) is 4.31 Å². The maximum Gasteiger partial charge on any atom is 0.245 e. The molecule has 1 aliphatic rings. The van der Waals surface area contributed by atoms with Crippen molar-refractivity contribution in [2.45, 2.75) is 57.1 Å². The molecule has 0 bridgehead atoms. The number of benzene rings is 2. The fraction of sp³-hybridized carbons (Fsp3) is 0.429. The molecule has 1 saturated heterocycles. The average Bonchev–Trinajstić information content (AvgIpc) is 2.85. The summed E-state index contributed by atoms with van der Waals surface area (Å²) in [5.41, 5.74) is 1.13. The molecular formula is C21H27NO4S. The van der Waals surface area contributed by atoms with Crippen LogP contribution in [0.1, 0.15) is 31.9 Å². The highest BCUT2D eigenvalue weighted by atomic mass is 32.2. The van der Waals surface area contributed by atoms with Crippen LogP contribution in [0, 0.1) is 6.92 Å². The third kappa shape index (κ3) is 4.24. The quantitative estimate of drug-likeness (QED) is 0.755. The first-order chi connectivity index (χ1) is 12.7. The molecule has 0 saturated carbocycles. The molecule has 146 valence electrons. The van der Waals surface area contributed by atoms with Crippen LogP contribution in [0.2, 0.25) is 0 Å². The predicted molar refractivity (Wildman–Crippen MR) is 105 cm³/mol. The highest BCUT2D eigenvalue weighted by Gasteiger charge is 2.52. The number of ether oxygens (including phenoxy) is 2. The Morgan fingerprint density at radius 1 is 1.07 bits per heavy atom. The summed E-state index contributed by atoms with van der Waals surface area (Å²) < 4.78 is 40.0. The van der Waals surface area contributed by atoms with E-state index in [4.69, 9.17) is 9.47 Å². The summed E-state index contributed by atoms with van der Waals surface area (Å²) in [5, 5.41) is 0. The molecule has 0 N–H and O–H groups in total. The molecule has 0 unspecified atom stereocenters. The monoisotopic (exact) mass is 389 g/mol. The summed E-state index contributed by atoms with van der Waals surface area (Å²) in [6.45, 7) is 8.09. The van der Waals surface area contributed by atoms with Crippen LogP contribution in [0.25, 0.3) is 0 Å². The summed E-state index contributed by atoms with van der Waals surface area (Å²) in [5.74, 6) is 0. The van der Waals surface area contributed by atoms with Gasteiger partial charge in [0.2, 0.25) is 10.0 Å². The lowest BCUT2D eigenvalue weighted by Crippen LogP contribution is -2.49. The van der Waals surface area contributed by atoms with E-state index in [1.165, 1.54) is 4.31 Å². The molecule has 1 heterocycles. The van der Waals surface area contributed by atoms with E-state index in [9.17, 15) is 8.42 Å². The van der Waals surface area contributed by atoms with Gasteiger partial charge in [0.25, 0.3) is 0 Å². The first-order valence-corrected chi connectivity index (χ1v) is 10.6. The van der Waals surface area contributed by atoms with Gasteiger partial charge in [0.05, 0.1) is 30.3 Å². The number of nitrogens with zero attached hydrogens (tertiary/aromatic N) is 1. The first kappa shape index (κ1) is 20.0. The van der Waals surface area contributed by atoms with Gasteiger partial charge in [0.15, 0.2) is 0 Å². The lowest BCUT2D eigenvalue weighted by molar-refractivity contribution is -0.0438. The number of aryl methyl sites for hydroxylation is 1. The molecule has 0 radical (unpaired) electrons. The summed E-state index contributed by atoms with van der Waals surface area (Å²) in [7, 11) is -3.71. The second kappa shape index (κ2) is 7.72. The second-order valence-corrected chi connectivity index (χ2v) is 9.27. The van der Waals surface area contributed by atoms with E-state index in [-0.39, 0.29) is 17.6 Å². The zero-order valence-electron chi connectivity index (χ0n) is 16.3. The molecule has 0 spiro atoms. The fourth-order valence-corrected chi connectivity index (χ4v) is 5.46. The molecule has 6 heteroatoms. The molecule has 0 aromatic heterocycles. The Labute approximate surface area is 162 Å². The minimum absolute atomic E-state index is 0.268. The van der Waals surface area contributed by atoms with Gasteiger partial charge >= 0.3 is 0 Å². The van der Waals surface area contributed by atoms with Gasteiger partial charge in [-0.3, -0.25) is 0 Å². The van der Waals surface area contributed by atoms with Crippen molar-refractivity contribution in [1.29, 1.82) is 0 Å². The van der Waals surface area contributed by atoms with Crippen molar-refractivity contribution in [2.75, 3.05) is 6.61 Å². The smallest absolute Gasteiger partial charge is 0.245 e. The van der Waals surface area contributed by atoms with Gasteiger partial charge in [0.1, 0.15) is 5.72 Å². The van der Waals surface area contributed by atoms with Gasteiger partial charge in [-0.1, -0.05) is 48.0 Å². The van der Waals surface area contributed by atoms with Crippen LogP contribution in [0.4, 0.5) is 0 Å². The Balaban J connectivity index is 1.82. The highest BCUT2D eigenvalue weighted by Crippen LogP contribution is 2.37. The van der Waals surface area contributed by atoms with Crippen molar-refractivity contribution in [3.63, 3.8) is 0 Å². The molecule has 0 aliphatic carbocycles. The number of rotatable bonds is 6. The van der Waals surface area contributed by atoms with E-state index in [1.54, 1.807) is 38.1 Å². The SMILES string of the molecule is Cc1ccc(S(=O)(=O)N2[C@@H](COCc3ccccc3)[C@@H](C)OC2(C)C)cc1. The van der Waals surface area contributed by atoms with Gasteiger partial charge in [-0.25, -0.2) is 8.42 Å². The minimum Gasteiger partial charge on any atom is -0.375 e. The molecule has 3 rings (SSSR count). The number of hydrogen-bond acceptors (Lipinski definition) is 4. The van der Waals surface area contributed by atoms with Crippen LogP contribution < -0.4 is 0 Å². The minimum atomic E-state index is -3.71. The van der Waals surface area contributed by atoms with Crippen LogP contribution >= 0.6 is 0 Å². The van der Waals surface area contributed by atoms with Gasteiger partial charge in [-0.15, -0.1) is 0 Å². The van der Waals surface area contributed by atoms with E-state index in [2.05, 4.69) is 0 Å². The van der Waals surface area contributed by atoms with Crippen molar-refractivity contribution < 1.29 is 17.9 Å². The third-order valence-corrected chi connectivity index (χ3v) is 6.92. The summed E-state index contributed by atoms with van der Waals surface area (Å²) in [4.78, 5) is 0.270. The Kier molecular flexibility index (Phi) is 5.72. The van der Waals surface area contributed by atoms with Gasteiger partial charge in [-0.2, -0.15) is 4.31 Å². The number of hydrogen-bond donors (Lipinski definition) is 0. The molecule has 1 aliphatic heterocycles. The third-order valence-electron chi connectivity index (χ3n) is 4.83.